The van der Waals surface area contributed by atoms with Crippen LogP contribution in [0.15, 0.2) is 24.3 Å². The molecular formula is C25H41NO6. The van der Waals surface area contributed by atoms with Crippen LogP contribution >= 0.6 is 0 Å². The van der Waals surface area contributed by atoms with E-state index in [1.807, 2.05) is 45.0 Å². The molecule has 0 bridgehead atoms. The Bertz CT molecular complexity index is 668. The molecule has 7 nitrogen and oxygen atoms in total. The number of carboxylic acid groups (broad SMARTS) is 1. The van der Waals surface area contributed by atoms with Crippen LogP contribution in [0, 0.1) is 5.41 Å². The van der Waals surface area contributed by atoms with Gasteiger partial charge in [0.05, 0.1) is 13.2 Å². The van der Waals surface area contributed by atoms with Crippen molar-refractivity contribution in [1.82, 2.24) is 4.90 Å². The monoisotopic (exact) mass is 451 g/mol. The standard InChI is InChI=1S/C25H41NO6/c1-6-8-9-10-15-26(24(29)32-19-25(3,4)5)16-17-31-21-13-11-20(12-14-21)18-22(23(27)28)30-7-2/h11-14,22H,6-10,15-19H2,1-5H3,(H,27,28). The molecule has 0 saturated heterocycles. The number of ether oxygens (including phenoxy) is 3. The van der Waals surface area contributed by atoms with Crippen molar-refractivity contribution in [1.29, 1.82) is 0 Å². The molecule has 1 amide bonds. The molecule has 0 radical (unpaired) electrons. The zero-order valence-corrected chi connectivity index (χ0v) is 20.4. The molecule has 1 atom stereocenters. The van der Waals surface area contributed by atoms with Crippen molar-refractivity contribution in [3.8, 4) is 5.75 Å². The average Bonchev–Trinajstić information content (AvgIpc) is 2.74. The number of hydrogen-bond acceptors (Lipinski definition) is 5. The maximum absolute atomic E-state index is 12.5. The third kappa shape index (κ3) is 11.9. The van der Waals surface area contributed by atoms with Gasteiger partial charge in [0.2, 0.25) is 0 Å². The summed E-state index contributed by atoms with van der Waals surface area (Å²) in [4.78, 5) is 25.5. The SMILES string of the molecule is CCCCCCN(CCOc1ccc(CC(OCC)C(=O)O)cc1)C(=O)OCC(C)(C)C. The van der Waals surface area contributed by atoms with E-state index >= 15 is 0 Å². The maximum atomic E-state index is 12.5. The van der Waals surface area contributed by atoms with Crippen LogP contribution in [-0.4, -0.2) is 61.1 Å². The van der Waals surface area contributed by atoms with E-state index in [2.05, 4.69) is 6.92 Å². The molecule has 7 heteroatoms. The quantitative estimate of drug-likeness (QED) is 0.371. The van der Waals surface area contributed by atoms with Crippen LogP contribution in [0.1, 0.15) is 65.9 Å². The van der Waals surface area contributed by atoms with Gasteiger partial charge in [0.25, 0.3) is 0 Å². The first kappa shape index (κ1) is 27.8. The van der Waals surface area contributed by atoms with Crippen LogP contribution < -0.4 is 4.74 Å². The van der Waals surface area contributed by atoms with E-state index in [0.29, 0.717) is 45.1 Å². The van der Waals surface area contributed by atoms with E-state index in [1.54, 1.807) is 11.8 Å². The molecule has 1 rings (SSSR count). The molecule has 0 aromatic heterocycles. The normalized spacial score (nSPS) is 12.3. The Balaban J connectivity index is 2.57. The lowest BCUT2D eigenvalue weighted by Gasteiger charge is -2.25. The average molecular weight is 452 g/mol. The molecule has 182 valence electrons. The number of carboxylic acids is 1. The number of carbonyl (C=O) groups excluding carboxylic acids is 1. The van der Waals surface area contributed by atoms with Crippen molar-refractivity contribution in [2.24, 2.45) is 5.41 Å². The molecule has 0 aliphatic rings. The molecule has 0 heterocycles. The van der Waals surface area contributed by atoms with Crippen molar-refractivity contribution in [3.05, 3.63) is 29.8 Å². The summed E-state index contributed by atoms with van der Waals surface area (Å²) in [6, 6.07) is 7.29. The number of unbranched alkanes of at least 4 members (excludes halogenated alkanes) is 3. The number of nitrogens with zero attached hydrogens (tertiary/aromatic N) is 1. The molecule has 1 aromatic rings. The second-order valence-electron chi connectivity index (χ2n) is 9.14. The fraction of sp³-hybridized carbons (Fsp3) is 0.680. The smallest absolute Gasteiger partial charge is 0.409 e. The zero-order valence-electron chi connectivity index (χ0n) is 20.4. The van der Waals surface area contributed by atoms with Crippen molar-refractivity contribution in [3.63, 3.8) is 0 Å². The van der Waals surface area contributed by atoms with Crippen LogP contribution in [0.4, 0.5) is 4.79 Å². The second-order valence-corrected chi connectivity index (χ2v) is 9.14. The fourth-order valence-electron chi connectivity index (χ4n) is 3.02. The van der Waals surface area contributed by atoms with Gasteiger partial charge >= 0.3 is 12.1 Å². The van der Waals surface area contributed by atoms with Crippen LogP contribution in [0.2, 0.25) is 0 Å². The highest BCUT2D eigenvalue weighted by Crippen LogP contribution is 2.16. The highest BCUT2D eigenvalue weighted by Gasteiger charge is 2.20. The van der Waals surface area contributed by atoms with Crippen molar-refractivity contribution < 1.29 is 28.9 Å². The summed E-state index contributed by atoms with van der Waals surface area (Å²) in [5.41, 5.74) is 0.783. The number of benzene rings is 1. The second kappa shape index (κ2) is 14.7. The van der Waals surface area contributed by atoms with Gasteiger partial charge in [0, 0.05) is 19.6 Å². The van der Waals surface area contributed by atoms with Gasteiger partial charge in [0.15, 0.2) is 6.10 Å². The summed E-state index contributed by atoms with van der Waals surface area (Å²) in [5.74, 6) is -0.296. The molecule has 0 spiro atoms. The third-order valence-electron chi connectivity index (χ3n) is 4.79. The minimum Gasteiger partial charge on any atom is -0.492 e. The van der Waals surface area contributed by atoms with E-state index in [-0.39, 0.29) is 11.5 Å². The first-order chi connectivity index (χ1) is 15.2. The Morgan fingerprint density at radius 3 is 2.28 bits per heavy atom. The van der Waals surface area contributed by atoms with Crippen LogP contribution in [0.3, 0.4) is 0 Å². The topological polar surface area (TPSA) is 85.3 Å². The van der Waals surface area contributed by atoms with E-state index in [0.717, 1.165) is 31.2 Å². The number of hydrogen-bond donors (Lipinski definition) is 1. The first-order valence-electron chi connectivity index (χ1n) is 11.6. The zero-order chi connectivity index (χ0) is 24.0. The highest BCUT2D eigenvalue weighted by molar-refractivity contribution is 5.72. The summed E-state index contributed by atoms with van der Waals surface area (Å²) < 4.78 is 16.6. The van der Waals surface area contributed by atoms with Crippen LogP contribution in [0.5, 0.6) is 5.75 Å². The fourth-order valence-corrected chi connectivity index (χ4v) is 3.02. The molecular weight excluding hydrogens is 410 g/mol. The molecule has 32 heavy (non-hydrogen) atoms. The Hall–Kier alpha value is -2.28. The van der Waals surface area contributed by atoms with Gasteiger partial charge in [-0.05, 0) is 36.5 Å². The lowest BCUT2D eigenvalue weighted by atomic mass is 9.99. The Morgan fingerprint density at radius 2 is 1.72 bits per heavy atom. The largest absolute Gasteiger partial charge is 0.492 e. The van der Waals surface area contributed by atoms with Crippen molar-refractivity contribution in [2.75, 3.05) is 32.9 Å². The predicted octanol–water partition coefficient (Wildman–Crippen LogP) is 5.16. The lowest BCUT2D eigenvalue weighted by Crippen LogP contribution is -2.37. The summed E-state index contributed by atoms with van der Waals surface area (Å²) >= 11 is 0. The first-order valence-corrected chi connectivity index (χ1v) is 11.6. The minimum atomic E-state index is -0.968. The van der Waals surface area contributed by atoms with Crippen molar-refractivity contribution >= 4 is 12.1 Å². The van der Waals surface area contributed by atoms with Gasteiger partial charge in [-0.3, -0.25) is 0 Å². The number of amides is 1. The maximum Gasteiger partial charge on any atom is 0.409 e. The van der Waals surface area contributed by atoms with E-state index in [4.69, 9.17) is 14.2 Å². The van der Waals surface area contributed by atoms with E-state index < -0.39 is 12.1 Å². The van der Waals surface area contributed by atoms with E-state index in [9.17, 15) is 14.7 Å². The van der Waals surface area contributed by atoms with E-state index in [1.165, 1.54) is 0 Å². The summed E-state index contributed by atoms with van der Waals surface area (Å²) in [6.45, 7) is 12.2. The molecule has 0 aliphatic heterocycles. The predicted molar refractivity (Wildman–Crippen MR) is 125 cm³/mol. The Morgan fingerprint density at radius 1 is 1.03 bits per heavy atom. The Kier molecular flexibility index (Phi) is 12.8. The molecule has 1 N–H and O–H groups in total. The minimum absolute atomic E-state index is 0.0798. The summed E-state index contributed by atoms with van der Waals surface area (Å²) in [6.07, 6.45) is 3.47. The van der Waals surface area contributed by atoms with Gasteiger partial charge in [-0.2, -0.15) is 0 Å². The van der Waals surface area contributed by atoms with Gasteiger partial charge < -0.3 is 24.2 Å². The number of carbonyl (C=O) groups is 2. The lowest BCUT2D eigenvalue weighted by molar-refractivity contribution is -0.149. The molecule has 1 aromatic carbocycles. The van der Waals surface area contributed by atoms with Gasteiger partial charge in [-0.15, -0.1) is 0 Å². The van der Waals surface area contributed by atoms with Gasteiger partial charge in [0.1, 0.15) is 12.4 Å². The molecule has 1 unspecified atom stereocenters. The van der Waals surface area contributed by atoms with Gasteiger partial charge in [-0.1, -0.05) is 59.1 Å². The van der Waals surface area contributed by atoms with Crippen molar-refractivity contribution in [2.45, 2.75) is 72.8 Å². The third-order valence-corrected chi connectivity index (χ3v) is 4.79. The molecule has 0 aliphatic carbocycles. The summed E-state index contributed by atoms with van der Waals surface area (Å²) in [7, 11) is 0. The van der Waals surface area contributed by atoms with Crippen LogP contribution in [-0.2, 0) is 20.7 Å². The number of rotatable bonds is 15. The van der Waals surface area contributed by atoms with Crippen LogP contribution in [0.25, 0.3) is 0 Å². The highest BCUT2D eigenvalue weighted by atomic mass is 16.6. The van der Waals surface area contributed by atoms with Gasteiger partial charge in [-0.25, -0.2) is 9.59 Å². The molecule has 0 fully saturated rings. The Labute approximate surface area is 193 Å². The number of aliphatic carboxylic acids is 1. The molecule has 0 saturated carbocycles. The summed E-state index contributed by atoms with van der Waals surface area (Å²) in [5, 5.41) is 9.22.